The lowest BCUT2D eigenvalue weighted by Gasteiger charge is -2.13. The van der Waals surface area contributed by atoms with E-state index >= 15 is 0 Å². The number of aromatic nitrogens is 2. The van der Waals surface area contributed by atoms with Gasteiger partial charge in [0.15, 0.2) is 11.3 Å². The summed E-state index contributed by atoms with van der Waals surface area (Å²) in [4.78, 5) is 33.3. The van der Waals surface area contributed by atoms with E-state index < -0.39 is 11.8 Å². The van der Waals surface area contributed by atoms with Crippen molar-refractivity contribution in [1.29, 1.82) is 0 Å². The number of ether oxygens (including phenoxy) is 3. The number of Topliss-reactive ketones (excluding diaryl/α,β-unsaturated/α-hetero) is 1. The second-order valence-electron chi connectivity index (χ2n) is 7.72. The van der Waals surface area contributed by atoms with Crippen LogP contribution in [0.3, 0.4) is 0 Å². The molecule has 3 heterocycles. The highest BCUT2D eigenvalue weighted by Gasteiger charge is 2.37. The number of aromatic amines is 1. The van der Waals surface area contributed by atoms with Crippen LogP contribution in [0.5, 0.6) is 0 Å². The molecule has 4 rings (SSSR count). The molecule has 0 bridgehead atoms. The quantitative estimate of drug-likeness (QED) is 0.150. The second-order valence-corrected chi connectivity index (χ2v) is 7.72. The Labute approximate surface area is 201 Å². The third kappa shape index (κ3) is 5.34. The fraction of sp³-hybridized carbons (Fsp3) is 0.240. The van der Waals surface area contributed by atoms with Crippen molar-refractivity contribution in [2.75, 3.05) is 44.1 Å². The summed E-state index contributed by atoms with van der Waals surface area (Å²) < 4.78 is 16.0. The van der Waals surface area contributed by atoms with Gasteiger partial charge in [0.05, 0.1) is 13.2 Å². The molecule has 0 radical (unpaired) electrons. The lowest BCUT2D eigenvalue weighted by Crippen LogP contribution is -2.18. The summed E-state index contributed by atoms with van der Waals surface area (Å²) in [5, 5.41) is 16.0. The number of methoxy groups -OCH3 is 1. The number of rotatable bonds is 10. The van der Waals surface area contributed by atoms with Crippen LogP contribution < -0.4 is 10.6 Å². The molecular weight excluding hydrogens is 452 g/mol. The molecule has 35 heavy (non-hydrogen) atoms. The van der Waals surface area contributed by atoms with E-state index in [0.717, 1.165) is 16.6 Å². The molecule has 1 aliphatic rings. The van der Waals surface area contributed by atoms with Gasteiger partial charge in [0, 0.05) is 48.4 Å². The van der Waals surface area contributed by atoms with Gasteiger partial charge in [-0.25, -0.2) is 9.78 Å². The Morgan fingerprint density at radius 2 is 2.14 bits per heavy atom. The number of pyridine rings is 1. The summed E-state index contributed by atoms with van der Waals surface area (Å²) >= 11 is 0. The summed E-state index contributed by atoms with van der Waals surface area (Å²) in [6.07, 6.45) is 4.94. The topological polar surface area (TPSA) is 135 Å². The third-order valence-electron chi connectivity index (χ3n) is 5.30. The van der Waals surface area contributed by atoms with Gasteiger partial charge in [0.1, 0.15) is 12.3 Å². The minimum Gasteiger partial charge on any atom is -0.459 e. The Morgan fingerprint density at radius 1 is 1.29 bits per heavy atom. The van der Waals surface area contributed by atoms with E-state index in [0.29, 0.717) is 23.4 Å². The van der Waals surface area contributed by atoms with Crippen molar-refractivity contribution >= 4 is 40.2 Å². The molecule has 1 aromatic carbocycles. The zero-order chi connectivity index (χ0) is 24.8. The number of aliphatic hydroxyl groups is 1. The first kappa shape index (κ1) is 24.0. The summed E-state index contributed by atoms with van der Waals surface area (Å²) in [6, 6.07) is 9.14. The maximum absolute atomic E-state index is 13.2. The first-order valence-electron chi connectivity index (χ1n) is 11.0. The molecule has 0 spiro atoms. The molecule has 0 unspecified atom stereocenters. The van der Waals surface area contributed by atoms with Gasteiger partial charge < -0.3 is 34.9 Å². The van der Waals surface area contributed by atoms with E-state index in [2.05, 4.69) is 20.6 Å². The van der Waals surface area contributed by atoms with Gasteiger partial charge in [-0.1, -0.05) is 0 Å². The van der Waals surface area contributed by atoms with Crippen molar-refractivity contribution in [3.8, 4) is 0 Å². The van der Waals surface area contributed by atoms with E-state index in [4.69, 9.17) is 19.3 Å². The maximum atomic E-state index is 13.2. The number of nitrogens with zero attached hydrogens (tertiary/aromatic N) is 1. The highest BCUT2D eigenvalue weighted by Crippen LogP contribution is 2.31. The van der Waals surface area contributed by atoms with E-state index in [1.54, 1.807) is 30.6 Å². The Hall–Kier alpha value is -4.15. The lowest BCUT2D eigenvalue weighted by atomic mass is 10.1. The molecule has 2 aromatic heterocycles. The van der Waals surface area contributed by atoms with Crippen molar-refractivity contribution < 1.29 is 28.9 Å². The molecule has 4 N–H and O–H groups in total. The average molecular weight is 479 g/mol. The Kier molecular flexibility index (Phi) is 7.44. The van der Waals surface area contributed by atoms with Crippen molar-refractivity contribution in [1.82, 2.24) is 9.97 Å². The molecule has 182 valence electrons. The molecule has 10 nitrogen and oxygen atoms in total. The van der Waals surface area contributed by atoms with Crippen LogP contribution in [0.2, 0.25) is 0 Å². The molecule has 0 atom stereocenters. The number of anilines is 2. The largest absolute Gasteiger partial charge is 0.459 e. The highest BCUT2D eigenvalue weighted by atomic mass is 16.6. The van der Waals surface area contributed by atoms with Gasteiger partial charge in [-0.3, -0.25) is 4.79 Å². The van der Waals surface area contributed by atoms with E-state index in [1.165, 1.54) is 7.11 Å². The molecule has 0 fully saturated rings. The number of nitrogens with one attached hydrogen (secondary N) is 3. The summed E-state index contributed by atoms with van der Waals surface area (Å²) in [5.41, 5.74) is 3.44. The van der Waals surface area contributed by atoms with Crippen LogP contribution >= 0.6 is 0 Å². The average Bonchev–Trinajstić information content (AvgIpc) is 3.40. The number of aryl methyl sites for hydroxylation is 1. The smallest absolute Gasteiger partial charge is 0.347 e. The molecule has 3 aromatic rings. The number of hydrogen-bond donors (Lipinski definition) is 4. The second kappa shape index (κ2) is 10.9. The van der Waals surface area contributed by atoms with Crippen molar-refractivity contribution in [3.63, 3.8) is 0 Å². The predicted molar refractivity (Wildman–Crippen MR) is 130 cm³/mol. The molecule has 10 heteroatoms. The number of allylic oxidation sites excluding steroid dienone is 1. The Balaban J connectivity index is 1.64. The first-order valence-corrected chi connectivity index (χ1v) is 11.0. The van der Waals surface area contributed by atoms with Gasteiger partial charge in [0.25, 0.3) is 0 Å². The van der Waals surface area contributed by atoms with E-state index in [-0.39, 0.29) is 37.0 Å². The molecule has 0 saturated heterocycles. The number of hydrogen-bond acceptors (Lipinski definition) is 9. The zero-order valence-electron chi connectivity index (χ0n) is 19.4. The number of fused-ring (bicyclic) bond motifs is 1. The molecule has 1 aliphatic heterocycles. The van der Waals surface area contributed by atoms with E-state index in [1.807, 2.05) is 25.1 Å². The normalized spacial score (nSPS) is 14.5. The number of carbonyl (C=O) groups excluding carboxylic acids is 2. The molecule has 0 aliphatic carbocycles. The minimum absolute atomic E-state index is 0.00316. The van der Waals surface area contributed by atoms with Crippen molar-refractivity contribution in [3.05, 3.63) is 71.1 Å². The van der Waals surface area contributed by atoms with Crippen molar-refractivity contribution in [2.24, 2.45) is 0 Å². The van der Waals surface area contributed by atoms with Crippen LogP contribution in [0.4, 0.5) is 11.4 Å². The fourth-order valence-electron chi connectivity index (χ4n) is 3.57. The van der Waals surface area contributed by atoms with Crippen LogP contribution in [0, 0.1) is 6.92 Å². The van der Waals surface area contributed by atoms with Gasteiger partial charge >= 0.3 is 5.97 Å². The van der Waals surface area contributed by atoms with Crippen molar-refractivity contribution in [2.45, 2.75) is 6.92 Å². The Bertz CT molecular complexity index is 1310. The summed E-state index contributed by atoms with van der Waals surface area (Å²) in [7, 11) is 1.49. The third-order valence-corrected chi connectivity index (χ3v) is 5.30. The van der Waals surface area contributed by atoms with Crippen LogP contribution in [0.1, 0.15) is 11.1 Å². The van der Waals surface area contributed by atoms with Gasteiger partial charge in [-0.2, -0.15) is 0 Å². The van der Waals surface area contributed by atoms with Crippen LogP contribution in [-0.4, -0.2) is 60.3 Å². The number of benzene rings is 1. The number of carbonyl (C=O) groups is 2. The molecule has 0 saturated carbocycles. The SMILES string of the molecule is COCCOC(=O)C1=C(Nc2ccc(NCCO)cc2C)OC(=Cc2c[nH]c3ncccc23)C1=O. The Morgan fingerprint density at radius 3 is 2.91 bits per heavy atom. The molecular formula is C25H26N4O6. The maximum Gasteiger partial charge on any atom is 0.347 e. The standard InChI is InChI=1S/C25H26N4O6/c1-15-12-17(26-8-9-30)5-6-19(15)29-24-21(25(32)34-11-10-33-2)22(31)20(35-24)13-16-14-28-23-18(16)4-3-7-27-23/h3-7,12-14,26,29-30H,8-11H2,1-2H3,(H,27,28). The van der Waals surface area contributed by atoms with Crippen LogP contribution in [0.15, 0.2) is 59.9 Å². The molecule has 0 amide bonds. The number of H-pyrrole nitrogens is 1. The highest BCUT2D eigenvalue weighted by molar-refractivity contribution is 6.26. The van der Waals surface area contributed by atoms with Crippen LogP contribution in [0.25, 0.3) is 17.1 Å². The number of aliphatic hydroxyl groups excluding tert-OH is 1. The van der Waals surface area contributed by atoms with Gasteiger partial charge in [0.2, 0.25) is 11.7 Å². The zero-order valence-corrected chi connectivity index (χ0v) is 19.4. The van der Waals surface area contributed by atoms with Crippen LogP contribution in [-0.2, 0) is 23.8 Å². The number of ketones is 1. The fourth-order valence-corrected chi connectivity index (χ4v) is 3.57. The predicted octanol–water partition coefficient (Wildman–Crippen LogP) is 2.73. The monoisotopic (exact) mass is 478 g/mol. The summed E-state index contributed by atoms with van der Waals surface area (Å²) in [5.74, 6) is -1.43. The number of esters is 1. The lowest BCUT2D eigenvalue weighted by molar-refractivity contribution is -0.141. The summed E-state index contributed by atoms with van der Waals surface area (Å²) in [6.45, 7) is 2.50. The first-order chi connectivity index (χ1) is 17.0. The minimum atomic E-state index is -0.808. The van der Waals surface area contributed by atoms with Gasteiger partial charge in [-0.05, 0) is 48.9 Å². The van der Waals surface area contributed by atoms with E-state index in [9.17, 15) is 9.59 Å². The van der Waals surface area contributed by atoms with Gasteiger partial charge in [-0.15, -0.1) is 0 Å².